The van der Waals surface area contributed by atoms with Crippen LogP contribution in [0.4, 0.5) is 0 Å². The third kappa shape index (κ3) is 5.24. The van der Waals surface area contributed by atoms with Gasteiger partial charge in [-0.25, -0.2) is 0 Å². The summed E-state index contributed by atoms with van der Waals surface area (Å²) in [7, 11) is 0. The summed E-state index contributed by atoms with van der Waals surface area (Å²) < 4.78 is 0. The van der Waals surface area contributed by atoms with Gasteiger partial charge in [-0.2, -0.15) is 0 Å². The first kappa shape index (κ1) is 17.7. The van der Waals surface area contributed by atoms with E-state index < -0.39 is 0 Å². The van der Waals surface area contributed by atoms with Crippen LogP contribution in [0.1, 0.15) is 77.0 Å². The molecule has 4 heteroatoms. The summed E-state index contributed by atoms with van der Waals surface area (Å²) in [6.07, 6.45) is 13.7. The second-order valence-electron chi connectivity index (χ2n) is 7.20. The Kier molecular flexibility index (Phi) is 7.67. The fraction of sp³-hybridized carbons (Fsp3) is 0.944. The molecule has 0 aromatic carbocycles. The van der Waals surface area contributed by atoms with Crippen LogP contribution in [0.15, 0.2) is 0 Å². The summed E-state index contributed by atoms with van der Waals surface area (Å²) in [4.78, 5) is 14.5. The van der Waals surface area contributed by atoms with E-state index >= 15 is 0 Å². The van der Waals surface area contributed by atoms with Gasteiger partial charge in [0.1, 0.15) is 0 Å². The smallest absolute Gasteiger partial charge is 0.222 e. The summed E-state index contributed by atoms with van der Waals surface area (Å²) in [5.74, 6) is 0.815. The van der Waals surface area contributed by atoms with Crippen LogP contribution in [-0.4, -0.2) is 41.1 Å². The van der Waals surface area contributed by atoms with Crippen molar-refractivity contribution in [3.05, 3.63) is 0 Å². The normalized spacial score (nSPS) is 22.5. The molecule has 0 saturated heterocycles. The molecule has 0 heterocycles. The SMILES string of the molecule is N[C@@H](CCC(=O)N(CCO)C1CCCCC1)C1CCCCC1. The molecule has 1 amide bonds. The average molecular weight is 310 g/mol. The van der Waals surface area contributed by atoms with Gasteiger partial charge in [0.05, 0.1) is 6.61 Å². The lowest BCUT2D eigenvalue weighted by atomic mass is 9.82. The van der Waals surface area contributed by atoms with E-state index in [0.29, 0.717) is 24.9 Å². The Morgan fingerprint density at radius 1 is 1.05 bits per heavy atom. The van der Waals surface area contributed by atoms with Crippen LogP contribution in [0.3, 0.4) is 0 Å². The number of aliphatic hydroxyl groups is 1. The summed E-state index contributed by atoms with van der Waals surface area (Å²) in [6.45, 7) is 0.555. The van der Waals surface area contributed by atoms with Gasteiger partial charge in [0.2, 0.25) is 5.91 Å². The van der Waals surface area contributed by atoms with Gasteiger partial charge in [-0.3, -0.25) is 4.79 Å². The van der Waals surface area contributed by atoms with E-state index in [9.17, 15) is 9.90 Å². The maximum Gasteiger partial charge on any atom is 0.222 e. The summed E-state index contributed by atoms with van der Waals surface area (Å²) in [5.41, 5.74) is 6.33. The van der Waals surface area contributed by atoms with E-state index in [4.69, 9.17) is 5.73 Å². The van der Waals surface area contributed by atoms with Crippen LogP contribution < -0.4 is 5.73 Å². The van der Waals surface area contributed by atoms with Crippen LogP contribution in [0.2, 0.25) is 0 Å². The van der Waals surface area contributed by atoms with Crippen molar-refractivity contribution in [2.75, 3.05) is 13.2 Å². The van der Waals surface area contributed by atoms with Gasteiger partial charge in [0.25, 0.3) is 0 Å². The third-order valence-corrected chi connectivity index (χ3v) is 5.62. The predicted octanol–water partition coefficient (Wildman–Crippen LogP) is 2.83. The number of nitrogens with two attached hydrogens (primary N) is 1. The molecule has 0 aliphatic heterocycles. The monoisotopic (exact) mass is 310 g/mol. The molecule has 2 aliphatic rings. The second kappa shape index (κ2) is 9.51. The largest absolute Gasteiger partial charge is 0.395 e. The average Bonchev–Trinajstić information content (AvgIpc) is 2.58. The number of carbonyl (C=O) groups is 1. The zero-order chi connectivity index (χ0) is 15.8. The minimum absolute atomic E-state index is 0.0664. The minimum atomic E-state index is 0.0664. The third-order valence-electron chi connectivity index (χ3n) is 5.62. The van der Waals surface area contributed by atoms with Gasteiger partial charge in [-0.1, -0.05) is 38.5 Å². The maximum absolute atomic E-state index is 12.6. The molecular weight excluding hydrogens is 276 g/mol. The topological polar surface area (TPSA) is 66.6 Å². The Bertz CT molecular complexity index is 323. The van der Waals surface area contributed by atoms with E-state index in [-0.39, 0.29) is 18.6 Å². The molecule has 0 unspecified atom stereocenters. The number of hydrogen-bond donors (Lipinski definition) is 2. The first-order valence-corrected chi connectivity index (χ1v) is 9.38. The molecule has 3 N–H and O–H groups in total. The maximum atomic E-state index is 12.6. The van der Waals surface area contributed by atoms with E-state index in [1.165, 1.54) is 51.4 Å². The van der Waals surface area contributed by atoms with E-state index in [1.807, 2.05) is 4.90 Å². The van der Waals surface area contributed by atoms with Crippen molar-refractivity contribution in [3.63, 3.8) is 0 Å². The predicted molar refractivity (Wildman–Crippen MR) is 89.5 cm³/mol. The minimum Gasteiger partial charge on any atom is -0.395 e. The van der Waals surface area contributed by atoms with Crippen molar-refractivity contribution in [1.29, 1.82) is 0 Å². The van der Waals surface area contributed by atoms with Gasteiger partial charge in [-0.05, 0) is 38.0 Å². The fourth-order valence-electron chi connectivity index (χ4n) is 4.24. The zero-order valence-corrected chi connectivity index (χ0v) is 14.0. The molecule has 2 saturated carbocycles. The van der Waals surface area contributed by atoms with Crippen molar-refractivity contribution in [2.45, 2.75) is 89.1 Å². The number of carbonyl (C=O) groups excluding carboxylic acids is 1. The Labute approximate surface area is 135 Å². The molecule has 128 valence electrons. The molecule has 0 aromatic heterocycles. The first-order valence-electron chi connectivity index (χ1n) is 9.38. The van der Waals surface area contributed by atoms with Gasteiger partial charge in [0.15, 0.2) is 0 Å². The molecule has 0 bridgehead atoms. The number of nitrogens with zero attached hydrogens (tertiary/aromatic N) is 1. The number of aliphatic hydroxyl groups excluding tert-OH is 1. The summed E-state index contributed by atoms with van der Waals surface area (Å²) >= 11 is 0. The van der Waals surface area contributed by atoms with Crippen molar-refractivity contribution < 1.29 is 9.90 Å². The van der Waals surface area contributed by atoms with Crippen molar-refractivity contribution in [2.24, 2.45) is 11.7 Å². The fourth-order valence-corrected chi connectivity index (χ4v) is 4.24. The molecule has 22 heavy (non-hydrogen) atoms. The molecule has 0 spiro atoms. The molecule has 1 atom stereocenters. The molecule has 2 rings (SSSR count). The van der Waals surface area contributed by atoms with Crippen molar-refractivity contribution >= 4 is 5.91 Å². The Balaban J connectivity index is 1.79. The lowest BCUT2D eigenvalue weighted by Crippen LogP contribution is -2.43. The van der Waals surface area contributed by atoms with Crippen molar-refractivity contribution in [3.8, 4) is 0 Å². The van der Waals surface area contributed by atoms with Gasteiger partial charge in [0, 0.05) is 25.0 Å². The van der Waals surface area contributed by atoms with E-state index in [0.717, 1.165) is 19.3 Å². The van der Waals surface area contributed by atoms with E-state index in [1.54, 1.807) is 0 Å². The van der Waals surface area contributed by atoms with Gasteiger partial charge < -0.3 is 15.7 Å². The highest BCUT2D eigenvalue weighted by Gasteiger charge is 2.26. The number of rotatable bonds is 7. The first-order chi connectivity index (χ1) is 10.7. The lowest BCUT2D eigenvalue weighted by Gasteiger charge is -2.35. The van der Waals surface area contributed by atoms with E-state index in [2.05, 4.69) is 0 Å². The van der Waals surface area contributed by atoms with Crippen LogP contribution in [-0.2, 0) is 4.79 Å². The standard InChI is InChI=1S/C18H34N2O2/c19-17(15-7-3-1-4-8-15)11-12-18(22)20(13-14-21)16-9-5-2-6-10-16/h15-17,21H,1-14,19H2/t17-/m0/s1. The number of amides is 1. The van der Waals surface area contributed by atoms with Crippen LogP contribution in [0.5, 0.6) is 0 Å². The zero-order valence-electron chi connectivity index (χ0n) is 14.0. The molecule has 4 nitrogen and oxygen atoms in total. The highest BCUT2D eigenvalue weighted by Crippen LogP contribution is 2.28. The Morgan fingerprint density at radius 3 is 2.23 bits per heavy atom. The van der Waals surface area contributed by atoms with Gasteiger partial charge >= 0.3 is 0 Å². The van der Waals surface area contributed by atoms with Crippen LogP contribution >= 0.6 is 0 Å². The molecular formula is C18H34N2O2. The van der Waals surface area contributed by atoms with Crippen LogP contribution in [0, 0.1) is 5.92 Å². The molecule has 2 aliphatic carbocycles. The second-order valence-corrected chi connectivity index (χ2v) is 7.20. The molecule has 0 aromatic rings. The highest BCUT2D eigenvalue weighted by atomic mass is 16.3. The van der Waals surface area contributed by atoms with Gasteiger partial charge in [-0.15, -0.1) is 0 Å². The summed E-state index contributed by atoms with van der Waals surface area (Å²) in [5, 5.41) is 9.28. The lowest BCUT2D eigenvalue weighted by molar-refractivity contribution is -0.135. The Morgan fingerprint density at radius 2 is 1.64 bits per heavy atom. The quantitative estimate of drug-likeness (QED) is 0.760. The van der Waals surface area contributed by atoms with Crippen LogP contribution in [0.25, 0.3) is 0 Å². The highest BCUT2D eigenvalue weighted by molar-refractivity contribution is 5.76. The van der Waals surface area contributed by atoms with Crippen molar-refractivity contribution in [1.82, 2.24) is 4.90 Å². The number of hydrogen-bond acceptors (Lipinski definition) is 3. The summed E-state index contributed by atoms with van der Waals surface area (Å²) in [6, 6.07) is 0.519. The molecule has 2 fully saturated rings. The Hall–Kier alpha value is -0.610. The molecule has 0 radical (unpaired) electrons.